The number of hydrogen-bond donors (Lipinski definition) is 0. The van der Waals surface area contributed by atoms with Gasteiger partial charge in [0.2, 0.25) is 0 Å². The molecule has 0 saturated carbocycles. The second-order valence-corrected chi connectivity index (χ2v) is 5.40. The van der Waals surface area contributed by atoms with Crippen molar-refractivity contribution in [3.63, 3.8) is 0 Å². The Hall–Kier alpha value is -3.07. The van der Waals surface area contributed by atoms with E-state index >= 15 is 0 Å². The minimum Gasteiger partial charge on any atom is -0.489 e. The summed E-state index contributed by atoms with van der Waals surface area (Å²) in [5.74, 6) is 0.862. The Morgan fingerprint density at radius 3 is 2.39 bits per heavy atom. The SMILES string of the molecule is c1ccc(COc2ccc(-c3cc4ccccn4n3)cc2)cc1. The fraction of sp³-hybridized carbons (Fsp3) is 0.0500. The van der Waals surface area contributed by atoms with E-state index in [1.807, 2.05) is 71.4 Å². The van der Waals surface area contributed by atoms with Crippen LogP contribution in [0.25, 0.3) is 16.8 Å². The predicted molar refractivity (Wildman–Crippen MR) is 91.4 cm³/mol. The van der Waals surface area contributed by atoms with E-state index in [-0.39, 0.29) is 0 Å². The van der Waals surface area contributed by atoms with E-state index in [0.717, 1.165) is 28.1 Å². The van der Waals surface area contributed by atoms with E-state index in [1.165, 1.54) is 0 Å². The summed E-state index contributed by atoms with van der Waals surface area (Å²) in [4.78, 5) is 0. The summed E-state index contributed by atoms with van der Waals surface area (Å²) in [5.41, 5.74) is 4.30. The second kappa shape index (κ2) is 5.97. The van der Waals surface area contributed by atoms with Gasteiger partial charge in [-0.2, -0.15) is 5.10 Å². The second-order valence-electron chi connectivity index (χ2n) is 5.40. The Kier molecular flexibility index (Phi) is 3.53. The Morgan fingerprint density at radius 1 is 0.826 bits per heavy atom. The highest BCUT2D eigenvalue weighted by atomic mass is 16.5. The molecular formula is C20H16N2O. The van der Waals surface area contributed by atoms with Gasteiger partial charge in [0.15, 0.2) is 0 Å². The Bertz CT molecular complexity index is 878. The Balaban J connectivity index is 1.51. The van der Waals surface area contributed by atoms with Gasteiger partial charge in [0.25, 0.3) is 0 Å². The minimum absolute atomic E-state index is 0.578. The molecule has 0 saturated heterocycles. The largest absolute Gasteiger partial charge is 0.489 e. The normalized spacial score (nSPS) is 10.8. The van der Waals surface area contributed by atoms with E-state index in [4.69, 9.17) is 4.74 Å². The number of benzene rings is 2. The van der Waals surface area contributed by atoms with Crippen molar-refractivity contribution in [2.45, 2.75) is 6.61 Å². The van der Waals surface area contributed by atoms with Crippen LogP contribution in [0, 0.1) is 0 Å². The van der Waals surface area contributed by atoms with Gasteiger partial charge < -0.3 is 4.74 Å². The lowest BCUT2D eigenvalue weighted by Gasteiger charge is -2.06. The van der Waals surface area contributed by atoms with Crippen molar-refractivity contribution in [1.29, 1.82) is 0 Å². The minimum atomic E-state index is 0.578. The van der Waals surface area contributed by atoms with E-state index < -0.39 is 0 Å². The molecule has 0 radical (unpaired) electrons. The van der Waals surface area contributed by atoms with Crippen LogP contribution in [0.4, 0.5) is 0 Å². The number of aromatic nitrogens is 2. The van der Waals surface area contributed by atoms with Crippen LogP contribution >= 0.6 is 0 Å². The number of ether oxygens (including phenoxy) is 1. The summed E-state index contributed by atoms with van der Waals surface area (Å²) in [6, 6.07) is 26.4. The van der Waals surface area contributed by atoms with Crippen molar-refractivity contribution in [2.75, 3.05) is 0 Å². The van der Waals surface area contributed by atoms with Crippen molar-refractivity contribution in [1.82, 2.24) is 9.61 Å². The summed E-state index contributed by atoms with van der Waals surface area (Å²) < 4.78 is 7.70. The van der Waals surface area contributed by atoms with Crippen LogP contribution in [0.2, 0.25) is 0 Å². The van der Waals surface area contributed by atoms with Gasteiger partial charge >= 0.3 is 0 Å². The first-order chi connectivity index (χ1) is 11.4. The van der Waals surface area contributed by atoms with Crippen LogP contribution in [-0.4, -0.2) is 9.61 Å². The van der Waals surface area contributed by atoms with Crippen LogP contribution in [0.5, 0.6) is 5.75 Å². The zero-order chi connectivity index (χ0) is 15.5. The van der Waals surface area contributed by atoms with Gasteiger partial charge in [-0.1, -0.05) is 36.4 Å². The molecule has 112 valence electrons. The van der Waals surface area contributed by atoms with Gasteiger partial charge in [-0.15, -0.1) is 0 Å². The number of fused-ring (bicyclic) bond motifs is 1. The molecule has 2 aromatic carbocycles. The van der Waals surface area contributed by atoms with E-state index in [0.29, 0.717) is 6.61 Å². The van der Waals surface area contributed by atoms with E-state index in [2.05, 4.69) is 23.3 Å². The Labute approximate surface area is 134 Å². The van der Waals surface area contributed by atoms with Crippen LogP contribution < -0.4 is 4.74 Å². The van der Waals surface area contributed by atoms with Gasteiger partial charge in [-0.25, -0.2) is 4.52 Å². The first kappa shape index (κ1) is 13.6. The number of pyridine rings is 1. The van der Waals surface area contributed by atoms with Crippen LogP contribution in [-0.2, 0) is 6.61 Å². The molecule has 0 amide bonds. The third-order valence-electron chi connectivity index (χ3n) is 3.77. The lowest BCUT2D eigenvalue weighted by Crippen LogP contribution is -1.94. The average molecular weight is 300 g/mol. The summed E-state index contributed by atoms with van der Waals surface area (Å²) in [6.07, 6.45) is 1.95. The smallest absolute Gasteiger partial charge is 0.119 e. The predicted octanol–water partition coefficient (Wildman–Crippen LogP) is 4.58. The highest BCUT2D eigenvalue weighted by molar-refractivity contribution is 5.66. The third kappa shape index (κ3) is 2.94. The molecule has 0 aliphatic heterocycles. The van der Waals surface area contributed by atoms with E-state index in [9.17, 15) is 0 Å². The maximum Gasteiger partial charge on any atom is 0.119 e. The quantitative estimate of drug-likeness (QED) is 0.551. The fourth-order valence-corrected chi connectivity index (χ4v) is 2.54. The first-order valence-electron chi connectivity index (χ1n) is 7.60. The topological polar surface area (TPSA) is 26.5 Å². The number of rotatable bonds is 4. The molecule has 0 spiro atoms. The van der Waals surface area contributed by atoms with Crippen molar-refractivity contribution < 1.29 is 4.74 Å². The van der Waals surface area contributed by atoms with Gasteiger partial charge in [0.1, 0.15) is 12.4 Å². The van der Waals surface area contributed by atoms with Crippen molar-refractivity contribution >= 4 is 5.52 Å². The standard InChI is InChI=1S/C20H16N2O/c1-2-6-16(7-3-1)15-23-19-11-9-17(10-12-19)20-14-18-8-4-5-13-22(18)21-20/h1-14H,15H2. The maximum absolute atomic E-state index is 5.82. The molecular weight excluding hydrogens is 284 g/mol. The van der Waals surface area contributed by atoms with Crippen molar-refractivity contribution in [3.8, 4) is 17.0 Å². The highest BCUT2D eigenvalue weighted by Crippen LogP contribution is 2.23. The molecule has 23 heavy (non-hydrogen) atoms. The molecule has 0 aliphatic carbocycles. The van der Waals surface area contributed by atoms with E-state index in [1.54, 1.807) is 0 Å². The maximum atomic E-state index is 5.82. The monoisotopic (exact) mass is 300 g/mol. The zero-order valence-corrected chi connectivity index (χ0v) is 12.6. The lowest BCUT2D eigenvalue weighted by atomic mass is 10.1. The van der Waals surface area contributed by atoms with Crippen LogP contribution in [0.1, 0.15) is 5.56 Å². The summed E-state index contributed by atoms with van der Waals surface area (Å²) in [7, 11) is 0. The average Bonchev–Trinajstić information content (AvgIpc) is 3.05. The lowest BCUT2D eigenvalue weighted by molar-refractivity contribution is 0.306. The van der Waals surface area contributed by atoms with Gasteiger partial charge in [0.05, 0.1) is 11.2 Å². The van der Waals surface area contributed by atoms with Crippen molar-refractivity contribution in [2.24, 2.45) is 0 Å². The van der Waals surface area contributed by atoms with Gasteiger partial charge in [-0.3, -0.25) is 0 Å². The van der Waals surface area contributed by atoms with Crippen LogP contribution in [0.3, 0.4) is 0 Å². The molecule has 0 atom stereocenters. The highest BCUT2D eigenvalue weighted by Gasteiger charge is 2.04. The number of hydrogen-bond acceptors (Lipinski definition) is 2. The summed E-state index contributed by atoms with van der Waals surface area (Å²) in [5, 5.41) is 4.58. The van der Waals surface area contributed by atoms with Gasteiger partial charge in [0, 0.05) is 11.8 Å². The molecule has 3 heteroatoms. The third-order valence-corrected chi connectivity index (χ3v) is 3.77. The fourth-order valence-electron chi connectivity index (χ4n) is 2.54. The molecule has 3 nitrogen and oxygen atoms in total. The van der Waals surface area contributed by atoms with Crippen LogP contribution in [0.15, 0.2) is 85.1 Å². The molecule has 2 heterocycles. The first-order valence-corrected chi connectivity index (χ1v) is 7.60. The zero-order valence-electron chi connectivity index (χ0n) is 12.6. The molecule has 4 rings (SSSR count). The molecule has 0 fully saturated rings. The Morgan fingerprint density at radius 2 is 1.61 bits per heavy atom. The van der Waals surface area contributed by atoms with Gasteiger partial charge in [-0.05, 0) is 48.0 Å². The molecule has 0 unspecified atom stereocenters. The summed E-state index contributed by atoms with van der Waals surface area (Å²) >= 11 is 0. The molecule has 4 aromatic rings. The molecule has 2 aromatic heterocycles. The molecule has 0 bridgehead atoms. The summed E-state index contributed by atoms with van der Waals surface area (Å²) in [6.45, 7) is 0.578. The molecule has 0 N–H and O–H groups in total. The number of nitrogens with zero attached hydrogens (tertiary/aromatic N) is 2. The van der Waals surface area contributed by atoms with Crippen molar-refractivity contribution in [3.05, 3.63) is 90.6 Å². The molecule has 0 aliphatic rings.